The Morgan fingerprint density at radius 1 is 1.00 bits per heavy atom. The minimum absolute atomic E-state index is 0.436. The molecule has 4 aliphatic rings. The number of fused-ring (bicyclic) bond motifs is 5. The maximum absolute atomic E-state index is 11.0. The summed E-state index contributed by atoms with van der Waals surface area (Å²) >= 11 is 0. The predicted molar refractivity (Wildman–Crippen MR) is 107 cm³/mol. The highest BCUT2D eigenvalue weighted by Crippen LogP contribution is 2.68. The van der Waals surface area contributed by atoms with E-state index in [0.717, 1.165) is 36.5 Å². The number of aliphatic hydroxyl groups is 1. The molecule has 2 nitrogen and oxygen atoms in total. The second kappa shape index (κ2) is 6.34. The van der Waals surface area contributed by atoms with Gasteiger partial charge in [0.15, 0.2) is 0 Å². The van der Waals surface area contributed by atoms with Crippen molar-refractivity contribution in [1.82, 2.24) is 0 Å². The van der Waals surface area contributed by atoms with E-state index < -0.39 is 5.60 Å². The van der Waals surface area contributed by atoms with Gasteiger partial charge in [-0.05, 0) is 105 Å². The number of ether oxygens (including phenoxy) is 1. The molecule has 8 atom stereocenters. The van der Waals surface area contributed by atoms with E-state index in [1.54, 1.807) is 7.11 Å². The van der Waals surface area contributed by atoms with E-state index in [4.69, 9.17) is 4.74 Å². The highest BCUT2D eigenvalue weighted by molar-refractivity contribution is 5.15. The number of allylic oxidation sites excluding steroid dienone is 1. The molecule has 0 radical (unpaired) electrons. The van der Waals surface area contributed by atoms with Crippen molar-refractivity contribution in [2.75, 3.05) is 13.7 Å². The van der Waals surface area contributed by atoms with Gasteiger partial charge in [-0.2, -0.15) is 0 Å². The predicted octanol–water partition coefficient (Wildman–Crippen LogP) is 5.60. The standard InChI is InChI=1S/C24H40O2/c1-16(2)19-8-9-20-18-7-6-17-14-24(25,15-26-5)13-12-22(17,3)21(18)10-11-23(19,20)4/h17-21,25H,1,6-15H2,2-5H3/t17?,18?,19?,20?,21?,22?,23?,24-/m1/s1. The fraction of sp³-hybridized carbons (Fsp3) is 0.917. The summed E-state index contributed by atoms with van der Waals surface area (Å²) < 4.78 is 5.35. The third-order valence-electron chi connectivity index (χ3n) is 9.83. The second-order valence-electron chi connectivity index (χ2n) is 11.0. The highest BCUT2D eigenvalue weighted by atomic mass is 16.5. The van der Waals surface area contributed by atoms with Crippen LogP contribution in [0.2, 0.25) is 0 Å². The third-order valence-corrected chi connectivity index (χ3v) is 9.83. The van der Waals surface area contributed by atoms with E-state index >= 15 is 0 Å². The van der Waals surface area contributed by atoms with Gasteiger partial charge in [0.05, 0.1) is 12.2 Å². The minimum atomic E-state index is -0.576. The summed E-state index contributed by atoms with van der Waals surface area (Å²) in [5.41, 5.74) is 1.79. The lowest BCUT2D eigenvalue weighted by molar-refractivity contribution is -0.161. The zero-order valence-corrected chi connectivity index (χ0v) is 17.5. The van der Waals surface area contributed by atoms with Gasteiger partial charge in [-0.25, -0.2) is 0 Å². The van der Waals surface area contributed by atoms with Crippen molar-refractivity contribution in [3.63, 3.8) is 0 Å². The average Bonchev–Trinajstić information content (AvgIpc) is 2.93. The number of methoxy groups -OCH3 is 1. The van der Waals surface area contributed by atoms with Gasteiger partial charge >= 0.3 is 0 Å². The first-order chi connectivity index (χ1) is 12.2. The normalized spacial score (nSPS) is 53.5. The Kier molecular flexibility index (Phi) is 4.63. The summed E-state index contributed by atoms with van der Waals surface area (Å²) in [5, 5.41) is 11.0. The molecule has 0 aromatic carbocycles. The molecule has 4 rings (SSSR count). The van der Waals surface area contributed by atoms with Crippen LogP contribution in [0.1, 0.15) is 78.6 Å². The Hall–Kier alpha value is -0.340. The lowest BCUT2D eigenvalue weighted by atomic mass is 9.44. The summed E-state index contributed by atoms with van der Waals surface area (Å²) in [7, 11) is 1.72. The molecule has 7 unspecified atom stereocenters. The van der Waals surface area contributed by atoms with E-state index in [9.17, 15) is 5.11 Å². The molecule has 1 N–H and O–H groups in total. The van der Waals surface area contributed by atoms with Gasteiger partial charge in [0, 0.05) is 7.11 Å². The first kappa shape index (κ1) is 19.0. The first-order valence-electron chi connectivity index (χ1n) is 11.1. The van der Waals surface area contributed by atoms with E-state index in [2.05, 4.69) is 27.4 Å². The largest absolute Gasteiger partial charge is 0.387 e. The van der Waals surface area contributed by atoms with E-state index in [0.29, 0.717) is 23.4 Å². The summed E-state index contributed by atoms with van der Waals surface area (Å²) in [6.07, 6.45) is 11.3. The lowest BCUT2D eigenvalue weighted by Gasteiger charge is -2.62. The van der Waals surface area contributed by atoms with Gasteiger partial charge < -0.3 is 9.84 Å². The van der Waals surface area contributed by atoms with Gasteiger partial charge in [-0.1, -0.05) is 26.0 Å². The number of rotatable bonds is 3. The van der Waals surface area contributed by atoms with Crippen molar-refractivity contribution in [2.45, 2.75) is 84.2 Å². The van der Waals surface area contributed by atoms with Crippen LogP contribution in [0.4, 0.5) is 0 Å². The third kappa shape index (κ3) is 2.65. The Morgan fingerprint density at radius 2 is 1.73 bits per heavy atom. The van der Waals surface area contributed by atoms with Gasteiger partial charge in [-0.3, -0.25) is 0 Å². The first-order valence-corrected chi connectivity index (χ1v) is 11.1. The summed E-state index contributed by atoms with van der Waals surface area (Å²) in [6.45, 7) is 12.3. The maximum atomic E-state index is 11.0. The Bertz CT molecular complexity index is 571. The van der Waals surface area contributed by atoms with Crippen molar-refractivity contribution in [1.29, 1.82) is 0 Å². The quantitative estimate of drug-likeness (QED) is 0.664. The molecule has 4 fully saturated rings. The zero-order chi connectivity index (χ0) is 18.7. The van der Waals surface area contributed by atoms with Crippen molar-refractivity contribution >= 4 is 0 Å². The van der Waals surface area contributed by atoms with Crippen LogP contribution in [0.3, 0.4) is 0 Å². The Labute approximate surface area is 160 Å². The van der Waals surface area contributed by atoms with Gasteiger partial charge in [-0.15, -0.1) is 0 Å². The smallest absolute Gasteiger partial charge is 0.0883 e. The van der Waals surface area contributed by atoms with Crippen molar-refractivity contribution in [3.05, 3.63) is 12.2 Å². The SMILES string of the molecule is C=C(C)C1CCC2C3CCC4C[C@@](O)(COC)CCC4(C)C3CCC12C. The molecule has 4 aliphatic carbocycles. The molecule has 0 aliphatic heterocycles. The summed E-state index contributed by atoms with van der Waals surface area (Å²) in [4.78, 5) is 0. The monoisotopic (exact) mass is 360 g/mol. The minimum Gasteiger partial charge on any atom is -0.387 e. The molecule has 0 amide bonds. The topological polar surface area (TPSA) is 29.5 Å². The van der Waals surface area contributed by atoms with Crippen LogP contribution in [0.15, 0.2) is 12.2 Å². The molecule has 0 aromatic rings. The Balaban J connectivity index is 1.56. The summed E-state index contributed by atoms with van der Waals surface area (Å²) in [5.74, 6) is 4.11. The number of hydrogen-bond acceptors (Lipinski definition) is 2. The van der Waals surface area contributed by atoms with Gasteiger partial charge in [0.25, 0.3) is 0 Å². The fourth-order valence-corrected chi connectivity index (χ4v) is 8.53. The average molecular weight is 361 g/mol. The molecule has 26 heavy (non-hydrogen) atoms. The van der Waals surface area contributed by atoms with Gasteiger partial charge in [0.2, 0.25) is 0 Å². The van der Waals surface area contributed by atoms with Crippen molar-refractivity contribution in [2.24, 2.45) is 40.4 Å². The van der Waals surface area contributed by atoms with E-state index in [-0.39, 0.29) is 0 Å². The molecule has 0 heterocycles. The van der Waals surface area contributed by atoms with Crippen LogP contribution < -0.4 is 0 Å². The number of hydrogen-bond donors (Lipinski definition) is 1. The molecule has 148 valence electrons. The van der Waals surface area contributed by atoms with Gasteiger partial charge in [0.1, 0.15) is 0 Å². The molecular weight excluding hydrogens is 320 g/mol. The maximum Gasteiger partial charge on any atom is 0.0883 e. The van der Waals surface area contributed by atoms with Crippen LogP contribution in [-0.2, 0) is 4.74 Å². The zero-order valence-electron chi connectivity index (χ0n) is 17.5. The van der Waals surface area contributed by atoms with Crippen LogP contribution in [-0.4, -0.2) is 24.4 Å². The van der Waals surface area contributed by atoms with Crippen molar-refractivity contribution in [3.8, 4) is 0 Å². The lowest BCUT2D eigenvalue weighted by Crippen LogP contribution is -2.56. The van der Waals surface area contributed by atoms with Crippen LogP contribution >= 0.6 is 0 Å². The molecule has 0 saturated heterocycles. The molecule has 4 saturated carbocycles. The second-order valence-corrected chi connectivity index (χ2v) is 11.0. The van der Waals surface area contributed by atoms with E-state index in [1.807, 2.05) is 0 Å². The van der Waals surface area contributed by atoms with Crippen LogP contribution in [0.25, 0.3) is 0 Å². The Morgan fingerprint density at radius 3 is 2.42 bits per heavy atom. The fourth-order valence-electron chi connectivity index (χ4n) is 8.53. The molecule has 0 bridgehead atoms. The molecule has 0 spiro atoms. The van der Waals surface area contributed by atoms with Crippen LogP contribution in [0.5, 0.6) is 0 Å². The molecular formula is C24H40O2. The highest BCUT2D eigenvalue weighted by Gasteiger charge is 2.61. The van der Waals surface area contributed by atoms with Crippen LogP contribution in [0, 0.1) is 40.4 Å². The van der Waals surface area contributed by atoms with E-state index in [1.165, 1.54) is 50.5 Å². The van der Waals surface area contributed by atoms with Crippen molar-refractivity contribution < 1.29 is 9.84 Å². The molecule has 0 aromatic heterocycles. The summed E-state index contributed by atoms with van der Waals surface area (Å²) in [6, 6.07) is 0. The molecule has 2 heteroatoms.